The van der Waals surface area contributed by atoms with Gasteiger partial charge in [0.1, 0.15) is 5.69 Å². The molecule has 0 N–H and O–H groups in total. The van der Waals surface area contributed by atoms with Crippen LogP contribution in [0, 0.1) is 0 Å². The SMILES string of the molecule is CCN(CC)CCn1cc(C=O)nn1. The Kier molecular flexibility index (Phi) is 4.25. The summed E-state index contributed by atoms with van der Waals surface area (Å²) in [4.78, 5) is 12.6. The molecule has 0 aromatic carbocycles. The van der Waals surface area contributed by atoms with Crippen LogP contribution in [0.1, 0.15) is 24.3 Å². The van der Waals surface area contributed by atoms with E-state index in [2.05, 4.69) is 29.1 Å². The zero-order valence-corrected chi connectivity index (χ0v) is 8.68. The fraction of sp³-hybridized carbons (Fsp3) is 0.667. The van der Waals surface area contributed by atoms with Crippen molar-refractivity contribution in [3.8, 4) is 0 Å². The van der Waals surface area contributed by atoms with E-state index in [4.69, 9.17) is 0 Å². The summed E-state index contributed by atoms with van der Waals surface area (Å²) in [5, 5.41) is 7.53. The van der Waals surface area contributed by atoms with E-state index in [0.29, 0.717) is 12.0 Å². The molecular formula is C9H16N4O. The molecule has 0 bridgehead atoms. The van der Waals surface area contributed by atoms with Crippen LogP contribution < -0.4 is 0 Å². The van der Waals surface area contributed by atoms with Gasteiger partial charge in [0.05, 0.1) is 12.7 Å². The van der Waals surface area contributed by atoms with Crippen LogP contribution in [0.3, 0.4) is 0 Å². The van der Waals surface area contributed by atoms with Crippen molar-refractivity contribution in [2.75, 3.05) is 19.6 Å². The highest BCUT2D eigenvalue weighted by atomic mass is 16.1. The second kappa shape index (κ2) is 5.49. The van der Waals surface area contributed by atoms with Crippen molar-refractivity contribution < 1.29 is 4.79 Å². The number of carbonyl (C=O) groups is 1. The molecule has 1 rings (SSSR count). The van der Waals surface area contributed by atoms with Crippen molar-refractivity contribution in [3.05, 3.63) is 11.9 Å². The first kappa shape index (κ1) is 10.8. The molecule has 5 heteroatoms. The smallest absolute Gasteiger partial charge is 0.171 e. The van der Waals surface area contributed by atoms with Crippen LogP contribution in [0.5, 0.6) is 0 Å². The summed E-state index contributed by atoms with van der Waals surface area (Å²) in [6.07, 6.45) is 2.37. The van der Waals surface area contributed by atoms with Gasteiger partial charge in [-0.05, 0) is 13.1 Å². The standard InChI is InChI=1S/C9H16N4O/c1-3-12(4-2)5-6-13-7-9(8-14)10-11-13/h7-8H,3-6H2,1-2H3. The molecular weight excluding hydrogens is 180 g/mol. The van der Waals surface area contributed by atoms with Gasteiger partial charge in [0.25, 0.3) is 0 Å². The first-order valence-electron chi connectivity index (χ1n) is 4.87. The monoisotopic (exact) mass is 196 g/mol. The van der Waals surface area contributed by atoms with Gasteiger partial charge >= 0.3 is 0 Å². The maximum atomic E-state index is 10.3. The number of carbonyl (C=O) groups excluding carboxylic acids is 1. The number of aromatic nitrogens is 3. The highest BCUT2D eigenvalue weighted by Gasteiger charge is 2.01. The second-order valence-corrected chi connectivity index (χ2v) is 3.05. The Balaban J connectivity index is 2.40. The molecule has 0 saturated heterocycles. The van der Waals surface area contributed by atoms with Crippen molar-refractivity contribution in [3.63, 3.8) is 0 Å². The van der Waals surface area contributed by atoms with Gasteiger partial charge in [-0.15, -0.1) is 5.10 Å². The van der Waals surface area contributed by atoms with E-state index in [1.807, 2.05) is 0 Å². The van der Waals surface area contributed by atoms with E-state index in [1.54, 1.807) is 10.9 Å². The maximum absolute atomic E-state index is 10.3. The topological polar surface area (TPSA) is 51.0 Å². The van der Waals surface area contributed by atoms with Crippen molar-refractivity contribution >= 4 is 6.29 Å². The van der Waals surface area contributed by atoms with Crippen LogP contribution in [-0.2, 0) is 6.54 Å². The lowest BCUT2D eigenvalue weighted by Crippen LogP contribution is -2.27. The summed E-state index contributed by atoms with van der Waals surface area (Å²) in [5.74, 6) is 0. The average Bonchev–Trinajstić information content (AvgIpc) is 2.67. The Morgan fingerprint density at radius 2 is 2.21 bits per heavy atom. The number of hydrogen-bond donors (Lipinski definition) is 0. The third-order valence-electron chi connectivity index (χ3n) is 2.22. The Hall–Kier alpha value is -1.23. The molecule has 14 heavy (non-hydrogen) atoms. The molecule has 0 aliphatic rings. The summed E-state index contributed by atoms with van der Waals surface area (Å²) < 4.78 is 1.70. The molecule has 0 amide bonds. The lowest BCUT2D eigenvalue weighted by atomic mass is 10.4. The summed E-state index contributed by atoms with van der Waals surface area (Å²) >= 11 is 0. The van der Waals surface area contributed by atoms with Gasteiger partial charge in [-0.25, -0.2) is 0 Å². The van der Waals surface area contributed by atoms with Gasteiger partial charge in [0, 0.05) is 6.54 Å². The van der Waals surface area contributed by atoms with Gasteiger partial charge in [0.15, 0.2) is 6.29 Å². The minimum atomic E-state index is 0.393. The first-order valence-corrected chi connectivity index (χ1v) is 4.87. The third kappa shape index (κ3) is 2.92. The van der Waals surface area contributed by atoms with E-state index >= 15 is 0 Å². The van der Waals surface area contributed by atoms with E-state index in [1.165, 1.54) is 0 Å². The van der Waals surface area contributed by atoms with Crippen LogP contribution in [0.15, 0.2) is 6.20 Å². The van der Waals surface area contributed by atoms with E-state index in [9.17, 15) is 4.79 Å². The maximum Gasteiger partial charge on any atom is 0.171 e. The molecule has 5 nitrogen and oxygen atoms in total. The molecule has 0 radical (unpaired) electrons. The van der Waals surface area contributed by atoms with Crippen LogP contribution in [0.2, 0.25) is 0 Å². The molecule has 1 heterocycles. The molecule has 0 atom stereocenters. The molecule has 1 aromatic heterocycles. The lowest BCUT2D eigenvalue weighted by Gasteiger charge is -2.17. The molecule has 0 spiro atoms. The van der Waals surface area contributed by atoms with Gasteiger partial charge in [-0.1, -0.05) is 19.1 Å². The third-order valence-corrected chi connectivity index (χ3v) is 2.22. The number of nitrogens with zero attached hydrogens (tertiary/aromatic N) is 4. The average molecular weight is 196 g/mol. The van der Waals surface area contributed by atoms with Crippen LogP contribution in [-0.4, -0.2) is 45.8 Å². The fourth-order valence-corrected chi connectivity index (χ4v) is 1.26. The van der Waals surface area contributed by atoms with Crippen LogP contribution >= 0.6 is 0 Å². The highest BCUT2D eigenvalue weighted by molar-refractivity contribution is 5.70. The molecule has 0 saturated carbocycles. The zero-order valence-electron chi connectivity index (χ0n) is 8.68. The number of hydrogen-bond acceptors (Lipinski definition) is 4. The minimum absolute atomic E-state index is 0.393. The van der Waals surface area contributed by atoms with Gasteiger partial charge in [-0.3, -0.25) is 9.48 Å². The van der Waals surface area contributed by atoms with Crippen molar-refractivity contribution in [1.29, 1.82) is 0 Å². The summed E-state index contributed by atoms with van der Waals surface area (Å²) in [5.41, 5.74) is 0.393. The minimum Gasteiger partial charge on any atom is -0.302 e. The summed E-state index contributed by atoms with van der Waals surface area (Å²) in [6, 6.07) is 0. The molecule has 0 aliphatic carbocycles. The molecule has 0 unspecified atom stereocenters. The Bertz CT molecular complexity index is 280. The molecule has 78 valence electrons. The molecule has 0 aliphatic heterocycles. The first-order chi connectivity index (χ1) is 6.80. The van der Waals surface area contributed by atoms with Crippen molar-refractivity contribution in [2.24, 2.45) is 0 Å². The lowest BCUT2D eigenvalue weighted by molar-refractivity contribution is 0.111. The quantitative estimate of drug-likeness (QED) is 0.619. The van der Waals surface area contributed by atoms with Gasteiger partial charge in [-0.2, -0.15) is 0 Å². The number of rotatable bonds is 6. The van der Waals surface area contributed by atoms with Crippen LogP contribution in [0.25, 0.3) is 0 Å². The van der Waals surface area contributed by atoms with Crippen molar-refractivity contribution in [2.45, 2.75) is 20.4 Å². The van der Waals surface area contributed by atoms with Gasteiger partial charge < -0.3 is 4.90 Å². The van der Waals surface area contributed by atoms with Crippen LogP contribution in [0.4, 0.5) is 0 Å². The Labute approximate surface area is 83.7 Å². The second-order valence-electron chi connectivity index (χ2n) is 3.05. The normalized spacial score (nSPS) is 10.8. The highest BCUT2D eigenvalue weighted by Crippen LogP contribution is 1.92. The van der Waals surface area contributed by atoms with Crippen molar-refractivity contribution in [1.82, 2.24) is 19.9 Å². The summed E-state index contributed by atoms with van der Waals surface area (Å²) in [7, 11) is 0. The predicted octanol–water partition coefficient (Wildman–Crippen LogP) is 0.432. The summed E-state index contributed by atoms with van der Waals surface area (Å²) in [6.45, 7) is 8.04. The fourth-order valence-electron chi connectivity index (χ4n) is 1.26. The van der Waals surface area contributed by atoms with E-state index in [-0.39, 0.29) is 0 Å². The predicted molar refractivity (Wildman–Crippen MR) is 53.2 cm³/mol. The van der Waals surface area contributed by atoms with Gasteiger partial charge in [0.2, 0.25) is 0 Å². The molecule has 1 aromatic rings. The largest absolute Gasteiger partial charge is 0.302 e. The number of likely N-dealkylation sites (N-methyl/N-ethyl adjacent to an activating group) is 1. The van der Waals surface area contributed by atoms with E-state index in [0.717, 1.165) is 26.2 Å². The Morgan fingerprint density at radius 3 is 2.71 bits per heavy atom. The number of aldehydes is 1. The Morgan fingerprint density at radius 1 is 1.50 bits per heavy atom. The molecule has 0 fully saturated rings. The van der Waals surface area contributed by atoms with E-state index < -0.39 is 0 Å². The zero-order chi connectivity index (χ0) is 10.4.